The molecule has 8 nitrogen and oxygen atoms in total. The zero-order valence-corrected chi connectivity index (χ0v) is 18.7. The van der Waals surface area contributed by atoms with E-state index in [0.717, 1.165) is 43.0 Å². The fourth-order valence-electron chi connectivity index (χ4n) is 4.99. The van der Waals surface area contributed by atoms with Gasteiger partial charge >= 0.3 is 0 Å². The highest BCUT2D eigenvalue weighted by Gasteiger charge is 2.41. The van der Waals surface area contributed by atoms with Gasteiger partial charge in [-0.2, -0.15) is 4.98 Å². The van der Waals surface area contributed by atoms with Crippen molar-refractivity contribution in [2.24, 2.45) is 11.8 Å². The Morgan fingerprint density at radius 2 is 1.78 bits per heavy atom. The topological polar surface area (TPSA) is 92.9 Å². The number of nitrogens with two attached hydrogens (primary N) is 1. The van der Waals surface area contributed by atoms with Gasteiger partial charge in [-0.1, -0.05) is 19.9 Å². The van der Waals surface area contributed by atoms with Crippen LogP contribution in [0.3, 0.4) is 0 Å². The number of aromatic nitrogens is 3. The van der Waals surface area contributed by atoms with E-state index in [0.29, 0.717) is 28.6 Å². The summed E-state index contributed by atoms with van der Waals surface area (Å²) in [6.07, 6.45) is 3.65. The first-order valence-corrected chi connectivity index (χ1v) is 11.2. The number of pyridine rings is 1. The zero-order chi connectivity index (χ0) is 22.4. The van der Waals surface area contributed by atoms with E-state index in [1.165, 1.54) is 0 Å². The fraction of sp³-hybridized carbons (Fsp3) is 0.375. The van der Waals surface area contributed by atoms with Crippen LogP contribution in [0.2, 0.25) is 0 Å². The Hall–Kier alpha value is -3.39. The summed E-state index contributed by atoms with van der Waals surface area (Å²) in [5, 5.41) is 0. The number of carbonyl (C=O) groups excluding carboxylic acids is 1. The molecule has 3 aromatic heterocycles. The van der Waals surface area contributed by atoms with Crippen molar-refractivity contribution < 1.29 is 9.21 Å². The Balaban J connectivity index is 0.00000105. The lowest BCUT2D eigenvalue weighted by Crippen LogP contribution is -2.33. The smallest absolute Gasteiger partial charge is 0.292 e. The first-order valence-electron chi connectivity index (χ1n) is 11.2. The number of benzene rings is 1. The zero-order valence-electron chi connectivity index (χ0n) is 18.7. The quantitative estimate of drug-likeness (QED) is 0.522. The number of amides is 1. The molecule has 2 aliphatic heterocycles. The lowest BCUT2D eigenvalue weighted by molar-refractivity contribution is 0.0769. The molecule has 166 valence electrons. The number of likely N-dealkylation sites (tertiary alicyclic amines) is 2. The van der Waals surface area contributed by atoms with Gasteiger partial charge in [0.1, 0.15) is 16.9 Å². The van der Waals surface area contributed by atoms with Crippen LogP contribution in [0, 0.1) is 11.8 Å². The molecule has 8 heteroatoms. The van der Waals surface area contributed by atoms with Gasteiger partial charge in [0.2, 0.25) is 0 Å². The van der Waals surface area contributed by atoms with Gasteiger partial charge in [0, 0.05) is 32.4 Å². The molecular weight excluding hydrogens is 404 g/mol. The van der Waals surface area contributed by atoms with Crippen LogP contribution in [0.25, 0.3) is 27.9 Å². The number of hydrogen-bond acceptors (Lipinski definition) is 6. The van der Waals surface area contributed by atoms with Gasteiger partial charge in [-0.3, -0.25) is 9.20 Å². The van der Waals surface area contributed by atoms with Crippen molar-refractivity contribution in [2.75, 3.05) is 39.0 Å². The Morgan fingerprint density at radius 3 is 2.53 bits per heavy atom. The van der Waals surface area contributed by atoms with E-state index in [9.17, 15) is 4.79 Å². The molecule has 1 aromatic carbocycles. The molecule has 0 bridgehead atoms. The molecule has 2 fully saturated rings. The van der Waals surface area contributed by atoms with E-state index >= 15 is 0 Å². The van der Waals surface area contributed by atoms with Crippen LogP contribution < -0.4 is 5.73 Å². The van der Waals surface area contributed by atoms with Gasteiger partial charge in [-0.25, -0.2) is 4.98 Å². The van der Waals surface area contributed by atoms with Crippen molar-refractivity contribution in [1.82, 2.24) is 24.2 Å². The number of anilines is 1. The van der Waals surface area contributed by atoms with Crippen LogP contribution in [0.4, 0.5) is 6.01 Å². The average molecular weight is 433 g/mol. The lowest BCUT2D eigenvalue weighted by Gasteiger charge is -2.19. The molecule has 0 spiro atoms. The summed E-state index contributed by atoms with van der Waals surface area (Å²) < 4.78 is 7.25. The fourth-order valence-corrected chi connectivity index (χ4v) is 4.99. The van der Waals surface area contributed by atoms with Crippen molar-refractivity contribution in [2.45, 2.75) is 13.8 Å². The van der Waals surface area contributed by atoms with Crippen LogP contribution in [-0.4, -0.2) is 63.3 Å². The number of oxazole rings is 1. The third kappa shape index (κ3) is 3.40. The molecule has 2 unspecified atom stereocenters. The number of rotatable bonds is 2. The van der Waals surface area contributed by atoms with E-state index in [2.05, 4.69) is 21.9 Å². The van der Waals surface area contributed by atoms with Crippen molar-refractivity contribution >= 4 is 28.7 Å². The monoisotopic (exact) mass is 432 g/mol. The van der Waals surface area contributed by atoms with Crippen molar-refractivity contribution in [1.29, 1.82) is 0 Å². The van der Waals surface area contributed by atoms with Gasteiger partial charge in [0.25, 0.3) is 11.9 Å². The van der Waals surface area contributed by atoms with Crippen LogP contribution in [0.1, 0.15) is 24.3 Å². The summed E-state index contributed by atoms with van der Waals surface area (Å²) >= 11 is 0. The molecular formula is C24H28N6O2. The molecule has 2 aliphatic rings. The summed E-state index contributed by atoms with van der Waals surface area (Å²) in [4.78, 5) is 26.3. The van der Waals surface area contributed by atoms with Crippen molar-refractivity contribution in [3.05, 3.63) is 48.4 Å². The summed E-state index contributed by atoms with van der Waals surface area (Å²) in [6, 6.07) is 9.84. The standard InChI is InChI=1S/C22H22N6O2.C2H6/c1-26-8-15-10-27(11-16(15)9-26)21(29)18-7-24-20-5-3-14(12-28(18)20)13-2-4-19-17(6-13)25-22(23)30-19;1-2/h2-7,12,15-16H,8-11H2,1H3,(H2,23,25);1-2H3. The van der Waals surface area contributed by atoms with Gasteiger partial charge in [0.15, 0.2) is 5.58 Å². The molecule has 2 atom stereocenters. The van der Waals surface area contributed by atoms with Crippen molar-refractivity contribution in [3.63, 3.8) is 0 Å². The molecule has 0 radical (unpaired) electrons. The predicted octanol–water partition coefficient (Wildman–Crippen LogP) is 3.38. The molecule has 2 N–H and O–H groups in total. The van der Waals surface area contributed by atoms with E-state index in [1.807, 2.05) is 59.7 Å². The number of imidazole rings is 1. The predicted molar refractivity (Wildman–Crippen MR) is 124 cm³/mol. The van der Waals surface area contributed by atoms with E-state index in [1.54, 1.807) is 6.20 Å². The number of nitrogen functional groups attached to an aromatic ring is 1. The van der Waals surface area contributed by atoms with Crippen LogP contribution in [-0.2, 0) is 0 Å². The van der Waals surface area contributed by atoms with Gasteiger partial charge in [-0.15, -0.1) is 0 Å². The van der Waals surface area contributed by atoms with Gasteiger partial charge < -0.3 is 20.0 Å². The second-order valence-corrected chi connectivity index (χ2v) is 8.48. The molecule has 0 saturated carbocycles. The number of nitrogens with zero attached hydrogens (tertiary/aromatic N) is 5. The number of carbonyl (C=O) groups is 1. The second kappa shape index (κ2) is 7.94. The van der Waals surface area contributed by atoms with E-state index in [-0.39, 0.29) is 11.9 Å². The molecule has 6 rings (SSSR count). The first kappa shape index (κ1) is 20.5. The lowest BCUT2D eigenvalue weighted by atomic mass is 10.0. The van der Waals surface area contributed by atoms with E-state index in [4.69, 9.17) is 10.2 Å². The third-order valence-corrected chi connectivity index (χ3v) is 6.42. The van der Waals surface area contributed by atoms with Gasteiger partial charge in [-0.05, 0) is 54.3 Å². The Labute approximate surface area is 186 Å². The van der Waals surface area contributed by atoms with Crippen LogP contribution in [0.5, 0.6) is 0 Å². The maximum atomic E-state index is 13.3. The normalized spacial score (nSPS) is 20.5. The maximum absolute atomic E-state index is 13.3. The van der Waals surface area contributed by atoms with Gasteiger partial charge in [0.05, 0.1) is 6.20 Å². The first-order chi connectivity index (χ1) is 15.5. The number of fused-ring (bicyclic) bond motifs is 3. The Kier molecular flexibility index (Phi) is 5.09. The SMILES string of the molecule is CC.CN1CC2CN(C(=O)c3cnc4ccc(-c5ccc6oc(N)nc6c5)cn34)CC2C1. The summed E-state index contributed by atoms with van der Waals surface area (Å²) in [5.74, 6) is 1.21. The highest BCUT2D eigenvalue weighted by molar-refractivity contribution is 5.94. The molecule has 4 aromatic rings. The summed E-state index contributed by atoms with van der Waals surface area (Å²) in [6.45, 7) is 7.79. The van der Waals surface area contributed by atoms with Crippen LogP contribution >= 0.6 is 0 Å². The minimum Gasteiger partial charge on any atom is -0.424 e. The highest BCUT2D eigenvalue weighted by Crippen LogP contribution is 2.31. The maximum Gasteiger partial charge on any atom is 0.292 e. The minimum absolute atomic E-state index is 0.0522. The molecule has 32 heavy (non-hydrogen) atoms. The number of hydrogen-bond donors (Lipinski definition) is 1. The summed E-state index contributed by atoms with van der Waals surface area (Å²) in [7, 11) is 2.15. The highest BCUT2D eigenvalue weighted by atomic mass is 16.4. The minimum atomic E-state index is 0.0522. The van der Waals surface area contributed by atoms with Crippen LogP contribution in [0.15, 0.2) is 47.1 Å². The molecule has 1 amide bonds. The molecule has 2 saturated heterocycles. The van der Waals surface area contributed by atoms with Crippen molar-refractivity contribution in [3.8, 4) is 11.1 Å². The largest absolute Gasteiger partial charge is 0.424 e. The summed E-state index contributed by atoms with van der Waals surface area (Å²) in [5.41, 5.74) is 10.3. The van der Waals surface area contributed by atoms with E-state index < -0.39 is 0 Å². The second-order valence-electron chi connectivity index (χ2n) is 8.48. The molecule has 0 aliphatic carbocycles. The third-order valence-electron chi connectivity index (χ3n) is 6.42. The Bertz CT molecular complexity index is 1280. The average Bonchev–Trinajstić information content (AvgIpc) is 3.54. The Morgan fingerprint density at radius 1 is 1.06 bits per heavy atom. The molecule has 5 heterocycles.